The average Bonchev–Trinajstić information content (AvgIpc) is 3.30. The molecule has 156 valence electrons. The second kappa shape index (κ2) is 7.69. The standard InChI is InChI=1S/C20H22N6O3S/c1-24-17(14(12-21-24)19(28)25-5-2-6-25)18(27)22-13-3-4-16-15(11-13)23-20(30-16)26-7-9-29-10-8-26/h3-4,11-12H,2,5-10H2,1H3,(H,22,27). The minimum Gasteiger partial charge on any atom is -0.378 e. The maximum Gasteiger partial charge on any atom is 0.274 e. The molecule has 1 N–H and O–H groups in total. The maximum atomic E-state index is 13.0. The highest BCUT2D eigenvalue weighted by molar-refractivity contribution is 7.22. The monoisotopic (exact) mass is 426 g/mol. The molecule has 2 saturated heterocycles. The molecule has 30 heavy (non-hydrogen) atoms. The molecule has 2 amide bonds. The van der Waals surface area contributed by atoms with Crippen molar-refractivity contribution in [1.29, 1.82) is 0 Å². The molecule has 0 spiro atoms. The van der Waals surface area contributed by atoms with Gasteiger partial charge in [0.1, 0.15) is 5.69 Å². The van der Waals surface area contributed by atoms with Crippen LogP contribution in [0, 0.1) is 0 Å². The van der Waals surface area contributed by atoms with E-state index in [9.17, 15) is 9.59 Å². The minimum atomic E-state index is -0.359. The van der Waals surface area contributed by atoms with E-state index < -0.39 is 0 Å². The first kappa shape index (κ1) is 19.0. The fourth-order valence-electron chi connectivity index (χ4n) is 3.63. The number of aryl methyl sites for hydroxylation is 1. The number of rotatable bonds is 4. The number of ether oxygens (including phenoxy) is 1. The fraction of sp³-hybridized carbons (Fsp3) is 0.400. The van der Waals surface area contributed by atoms with Gasteiger partial charge in [0.25, 0.3) is 11.8 Å². The molecule has 0 atom stereocenters. The lowest BCUT2D eigenvalue weighted by atomic mass is 10.1. The van der Waals surface area contributed by atoms with Crippen LogP contribution in [0.15, 0.2) is 24.4 Å². The van der Waals surface area contributed by atoms with Gasteiger partial charge in [0.2, 0.25) is 0 Å². The maximum absolute atomic E-state index is 13.0. The lowest BCUT2D eigenvalue weighted by Crippen LogP contribution is -2.42. The summed E-state index contributed by atoms with van der Waals surface area (Å²) in [6, 6.07) is 5.68. The van der Waals surface area contributed by atoms with Crippen LogP contribution in [0.4, 0.5) is 10.8 Å². The van der Waals surface area contributed by atoms with E-state index in [4.69, 9.17) is 9.72 Å². The van der Waals surface area contributed by atoms with Gasteiger partial charge in [0, 0.05) is 38.9 Å². The summed E-state index contributed by atoms with van der Waals surface area (Å²) in [7, 11) is 1.67. The number of amides is 2. The summed E-state index contributed by atoms with van der Waals surface area (Å²) >= 11 is 1.63. The summed E-state index contributed by atoms with van der Waals surface area (Å²) in [5, 5.41) is 7.99. The first-order valence-corrected chi connectivity index (χ1v) is 10.8. The van der Waals surface area contributed by atoms with Gasteiger partial charge in [-0.25, -0.2) is 4.98 Å². The summed E-state index contributed by atoms with van der Waals surface area (Å²) in [6.07, 6.45) is 2.46. The Hall–Kier alpha value is -2.98. The summed E-state index contributed by atoms with van der Waals surface area (Å²) < 4.78 is 7.91. The van der Waals surface area contributed by atoms with Crippen LogP contribution in [0.1, 0.15) is 27.3 Å². The molecule has 0 unspecified atom stereocenters. The number of hydrogen-bond donors (Lipinski definition) is 1. The molecule has 0 saturated carbocycles. The van der Waals surface area contributed by atoms with Gasteiger partial charge in [0.15, 0.2) is 5.13 Å². The molecule has 1 aromatic carbocycles. The van der Waals surface area contributed by atoms with Crippen LogP contribution in [-0.2, 0) is 11.8 Å². The molecule has 0 radical (unpaired) electrons. The molecule has 0 aliphatic carbocycles. The number of carbonyl (C=O) groups excluding carboxylic acids is 2. The third-order valence-electron chi connectivity index (χ3n) is 5.44. The molecular formula is C20H22N6O3S. The van der Waals surface area contributed by atoms with Crippen LogP contribution >= 0.6 is 11.3 Å². The van der Waals surface area contributed by atoms with E-state index >= 15 is 0 Å². The van der Waals surface area contributed by atoms with Crippen molar-refractivity contribution in [3.63, 3.8) is 0 Å². The van der Waals surface area contributed by atoms with Gasteiger partial charge in [0.05, 0.1) is 35.2 Å². The number of nitrogens with zero attached hydrogens (tertiary/aromatic N) is 5. The summed E-state index contributed by atoms with van der Waals surface area (Å²) in [4.78, 5) is 34.2. The number of anilines is 2. The highest BCUT2D eigenvalue weighted by Crippen LogP contribution is 2.31. The van der Waals surface area contributed by atoms with E-state index in [0.717, 1.165) is 47.9 Å². The molecule has 9 nitrogen and oxygen atoms in total. The van der Waals surface area contributed by atoms with Gasteiger partial charge >= 0.3 is 0 Å². The topological polar surface area (TPSA) is 92.6 Å². The Morgan fingerprint density at radius 3 is 2.70 bits per heavy atom. The second-order valence-electron chi connectivity index (χ2n) is 7.41. The average molecular weight is 427 g/mol. The number of thiazole rings is 1. The predicted octanol–water partition coefficient (Wildman–Crippen LogP) is 1.96. The summed E-state index contributed by atoms with van der Waals surface area (Å²) in [6.45, 7) is 4.53. The lowest BCUT2D eigenvalue weighted by Gasteiger charge is -2.30. The van der Waals surface area contributed by atoms with E-state index in [2.05, 4.69) is 15.3 Å². The van der Waals surface area contributed by atoms with Gasteiger partial charge < -0.3 is 19.9 Å². The summed E-state index contributed by atoms with van der Waals surface area (Å²) in [5.74, 6) is -0.508. The highest BCUT2D eigenvalue weighted by atomic mass is 32.1. The molecule has 0 bridgehead atoms. The van der Waals surface area contributed by atoms with Gasteiger partial charge in [-0.1, -0.05) is 11.3 Å². The Balaban J connectivity index is 1.37. The third kappa shape index (κ3) is 3.41. The van der Waals surface area contributed by atoms with Crippen LogP contribution in [0.5, 0.6) is 0 Å². The van der Waals surface area contributed by atoms with Gasteiger partial charge in [-0.15, -0.1) is 0 Å². The molecule has 2 fully saturated rings. The number of morpholine rings is 1. The van der Waals surface area contributed by atoms with Crippen molar-refractivity contribution in [1.82, 2.24) is 19.7 Å². The number of likely N-dealkylation sites (tertiary alicyclic amines) is 1. The van der Waals surface area contributed by atoms with E-state index in [1.54, 1.807) is 23.3 Å². The number of carbonyl (C=O) groups is 2. The first-order chi connectivity index (χ1) is 14.6. The van der Waals surface area contributed by atoms with Crippen LogP contribution in [-0.4, -0.2) is 70.9 Å². The lowest BCUT2D eigenvalue weighted by molar-refractivity contribution is 0.0648. The van der Waals surface area contributed by atoms with Crippen molar-refractivity contribution >= 4 is 44.2 Å². The Kier molecular flexibility index (Phi) is 4.87. The Morgan fingerprint density at radius 2 is 1.97 bits per heavy atom. The van der Waals surface area contributed by atoms with Crippen LogP contribution in [0.2, 0.25) is 0 Å². The molecule has 4 heterocycles. The Bertz CT molecular complexity index is 1110. The normalized spacial score (nSPS) is 16.6. The number of hydrogen-bond acceptors (Lipinski definition) is 7. The molecule has 3 aromatic rings. The molecule has 2 aliphatic rings. The quantitative estimate of drug-likeness (QED) is 0.686. The molecule has 5 rings (SSSR count). The third-order valence-corrected chi connectivity index (χ3v) is 6.54. The number of aromatic nitrogens is 3. The largest absolute Gasteiger partial charge is 0.378 e. The van der Waals surface area contributed by atoms with E-state index in [0.29, 0.717) is 24.5 Å². The predicted molar refractivity (Wildman–Crippen MR) is 114 cm³/mol. The Morgan fingerprint density at radius 1 is 1.17 bits per heavy atom. The SMILES string of the molecule is Cn1ncc(C(=O)N2CCC2)c1C(=O)Nc1ccc2sc(N3CCOCC3)nc2c1. The number of nitrogens with one attached hydrogen (secondary N) is 1. The van der Waals surface area contributed by atoms with E-state index in [1.165, 1.54) is 10.9 Å². The van der Waals surface area contributed by atoms with Crippen LogP contribution < -0.4 is 10.2 Å². The van der Waals surface area contributed by atoms with Gasteiger partial charge in [-0.05, 0) is 24.6 Å². The minimum absolute atomic E-state index is 0.149. The second-order valence-corrected chi connectivity index (χ2v) is 8.42. The molecule has 2 aliphatic heterocycles. The first-order valence-electron chi connectivity index (χ1n) is 9.96. The van der Waals surface area contributed by atoms with Crippen molar-refractivity contribution in [3.05, 3.63) is 35.7 Å². The van der Waals surface area contributed by atoms with Crippen molar-refractivity contribution in [2.45, 2.75) is 6.42 Å². The van der Waals surface area contributed by atoms with Crippen LogP contribution in [0.25, 0.3) is 10.2 Å². The smallest absolute Gasteiger partial charge is 0.274 e. The zero-order valence-corrected chi connectivity index (χ0v) is 17.4. The highest BCUT2D eigenvalue weighted by Gasteiger charge is 2.28. The van der Waals surface area contributed by atoms with E-state index in [1.807, 2.05) is 18.2 Å². The summed E-state index contributed by atoms with van der Waals surface area (Å²) in [5.41, 5.74) is 2.06. The Labute approximate surface area is 177 Å². The fourth-order valence-corrected chi connectivity index (χ4v) is 4.62. The van der Waals surface area contributed by atoms with Crippen molar-refractivity contribution < 1.29 is 14.3 Å². The van der Waals surface area contributed by atoms with Crippen molar-refractivity contribution in [2.24, 2.45) is 7.05 Å². The van der Waals surface area contributed by atoms with Crippen LogP contribution in [0.3, 0.4) is 0 Å². The molecule has 2 aromatic heterocycles. The number of benzene rings is 1. The van der Waals surface area contributed by atoms with Gasteiger partial charge in [-0.3, -0.25) is 14.3 Å². The zero-order chi connectivity index (χ0) is 20.7. The molecular weight excluding hydrogens is 404 g/mol. The van der Waals surface area contributed by atoms with Gasteiger partial charge in [-0.2, -0.15) is 5.10 Å². The van der Waals surface area contributed by atoms with Crippen molar-refractivity contribution in [3.8, 4) is 0 Å². The number of fused-ring (bicyclic) bond motifs is 1. The van der Waals surface area contributed by atoms with E-state index in [-0.39, 0.29) is 17.5 Å². The van der Waals surface area contributed by atoms with Crippen molar-refractivity contribution in [2.75, 3.05) is 49.6 Å². The molecule has 10 heteroatoms. The zero-order valence-electron chi connectivity index (χ0n) is 16.6.